The Morgan fingerprint density at radius 2 is 2.00 bits per heavy atom. The van der Waals surface area contributed by atoms with Crippen LogP contribution in [0.25, 0.3) is 0 Å². The number of nitrogens with one attached hydrogen (secondary N) is 1. The Kier molecular flexibility index (Phi) is 3.99. The number of hydrogen-bond acceptors (Lipinski definition) is 3. The maximum atomic E-state index is 13.0. The van der Waals surface area contributed by atoms with Crippen molar-refractivity contribution in [1.82, 2.24) is 4.72 Å². The minimum atomic E-state index is -3.77. The topological polar surface area (TPSA) is 66.4 Å². The van der Waals surface area contributed by atoms with E-state index in [9.17, 15) is 17.9 Å². The second-order valence-corrected chi connectivity index (χ2v) is 6.25. The molecule has 0 heterocycles. The second-order valence-electron chi connectivity index (χ2n) is 4.54. The van der Waals surface area contributed by atoms with Crippen molar-refractivity contribution in [3.8, 4) is 0 Å². The van der Waals surface area contributed by atoms with E-state index in [-0.39, 0.29) is 4.90 Å². The van der Waals surface area contributed by atoms with Gasteiger partial charge < -0.3 is 5.11 Å². The van der Waals surface area contributed by atoms with Gasteiger partial charge in [0.25, 0.3) is 0 Å². The van der Waals surface area contributed by atoms with Gasteiger partial charge in [0.2, 0.25) is 10.0 Å². The molecule has 0 radical (unpaired) electrons. The highest BCUT2D eigenvalue weighted by Gasteiger charge is 2.28. The average molecular weight is 273 g/mol. The Hall–Kier alpha value is -0.980. The summed E-state index contributed by atoms with van der Waals surface area (Å²) in [4.78, 5) is -0.111. The van der Waals surface area contributed by atoms with Crippen molar-refractivity contribution in [2.45, 2.75) is 42.7 Å². The molecular weight excluding hydrogens is 257 g/mol. The summed E-state index contributed by atoms with van der Waals surface area (Å²) in [5.41, 5.74) is 0. The number of aliphatic hydroxyl groups is 1. The fourth-order valence-corrected chi connectivity index (χ4v) is 3.49. The summed E-state index contributed by atoms with van der Waals surface area (Å²) in [6.07, 6.45) is 2.32. The standard InChI is InChI=1S/C12H16FNO3S/c13-9-4-3-5-10(8-9)18(16,17)14-11-6-1-2-7-12(11)15/h3-5,8,11-12,14-15H,1-2,6-7H2/t11-,12-/m0/s1. The minimum Gasteiger partial charge on any atom is -0.391 e. The number of aliphatic hydroxyl groups excluding tert-OH is 1. The van der Waals surface area contributed by atoms with Crippen molar-refractivity contribution >= 4 is 10.0 Å². The summed E-state index contributed by atoms with van der Waals surface area (Å²) in [5, 5.41) is 9.73. The van der Waals surface area contributed by atoms with Crippen LogP contribution in [-0.2, 0) is 10.0 Å². The number of benzene rings is 1. The normalized spacial score (nSPS) is 25.0. The highest BCUT2D eigenvalue weighted by Crippen LogP contribution is 2.20. The summed E-state index contributed by atoms with van der Waals surface area (Å²) >= 11 is 0. The van der Waals surface area contributed by atoms with Gasteiger partial charge in [-0.2, -0.15) is 0 Å². The molecule has 4 nitrogen and oxygen atoms in total. The van der Waals surface area contributed by atoms with Crippen LogP contribution in [-0.4, -0.2) is 25.7 Å². The van der Waals surface area contributed by atoms with Gasteiger partial charge in [0, 0.05) is 6.04 Å². The van der Waals surface area contributed by atoms with E-state index in [1.165, 1.54) is 18.2 Å². The van der Waals surface area contributed by atoms with E-state index in [1.54, 1.807) is 0 Å². The third-order valence-corrected chi connectivity index (χ3v) is 4.63. The molecule has 1 saturated carbocycles. The van der Waals surface area contributed by atoms with Crippen LogP contribution in [0.4, 0.5) is 4.39 Å². The first kappa shape index (κ1) is 13.5. The Bertz CT molecular complexity index is 518. The first-order valence-corrected chi connectivity index (χ1v) is 7.43. The summed E-state index contributed by atoms with van der Waals surface area (Å²) in [7, 11) is -3.77. The first-order chi connectivity index (χ1) is 8.49. The van der Waals surface area contributed by atoms with Gasteiger partial charge in [-0.1, -0.05) is 18.9 Å². The summed E-state index contributed by atoms with van der Waals surface area (Å²) in [6, 6.07) is 4.36. The molecule has 0 aliphatic heterocycles. The molecule has 0 saturated heterocycles. The number of hydrogen-bond donors (Lipinski definition) is 2. The van der Waals surface area contributed by atoms with Gasteiger partial charge in [-0.15, -0.1) is 0 Å². The predicted molar refractivity (Wildman–Crippen MR) is 65.0 cm³/mol. The molecule has 0 aromatic heterocycles. The monoisotopic (exact) mass is 273 g/mol. The molecule has 0 unspecified atom stereocenters. The van der Waals surface area contributed by atoms with Crippen LogP contribution < -0.4 is 4.72 Å². The van der Waals surface area contributed by atoms with E-state index in [0.717, 1.165) is 18.9 Å². The molecule has 6 heteroatoms. The average Bonchev–Trinajstić information content (AvgIpc) is 2.32. The third kappa shape index (κ3) is 3.07. The maximum absolute atomic E-state index is 13.0. The number of rotatable bonds is 3. The molecule has 1 aromatic rings. The fraction of sp³-hybridized carbons (Fsp3) is 0.500. The van der Waals surface area contributed by atoms with Gasteiger partial charge in [-0.05, 0) is 31.0 Å². The molecule has 1 aliphatic carbocycles. The van der Waals surface area contributed by atoms with Crippen molar-refractivity contribution in [2.75, 3.05) is 0 Å². The van der Waals surface area contributed by atoms with Crippen molar-refractivity contribution in [3.05, 3.63) is 30.1 Å². The molecule has 0 spiro atoms. The molecule has 2 rings (SSSR count). The molecule has 1 aliphatic rings. The molecule has 100 valence electrons. The number of halogens is 1. The highest BCUT2D eigenvalue weighted by atomic mass is 32.2. The second kappa shape index (κ2) is 5.34. The Balaban J connectivity index is 2.16. The fourth-order valence-electron chi connectivity index (χ4n) is 2.15. The van der Waals surface area contributed by atoms with Gasteiger partial charge in [0.05, 0.1) is 11.0 Å². The molecule has 1 fully saturated rings. The molecule has 0 bridgehead atoms. The van der Waals surface area contributed by atoms with Crippen LogP contribution in [0.1, 0.15) is 25.7 Å². The van der Waals surface area contributed by atoms with Crippen molar-refractivity contribution in [1.29, 1.82) is 0 Å². The van der Waals surface area contributed by atoms with Gasteiger partial charge >= 0.3 is 0 Å². The van der Waals surface area contributed by atoms with Crippen molar-refractivity contribution < 1.29 is 17.9 Å². The van der Waals surface area contributed by atoms with E-state index >= 15 is 0 Å². The van der Waals surface area contributed by atoms with E-state index in [1.807, 2.05) is 0 Å². The van der Waals surface area contributed by atoms with Gasteiger partial charge in [0.15, 0.2) is 0 Å². The Morgan fingerprint density at radius 3 is 2.67 bits per heavy atom. The van der Waals surface area contributed by atoms with Crippen LogP contribution in [0, 0.1) is 5.82 Å². The number of sulfonamides is 1. The van der Waals surface area contributed by atoms with Crippen molar-refractivity contribution in [3.63, 3.8) is 0 Å². The van der Waals surface area contributed by atoms with E-state index in [4.69, 9.17) is 0 Å². The summed E-state index contributed by atoms with van der Waals surface area (Å²) in [6.45, 7) is 0. The SMILES string of the molecule is O=S(=O)(N[C@H]1CCCC[C@@H]1O)c1cccc(F)c1. The quantitative estimate of drug-likeness (QED) is 0.875. The smallest absolute Gasteiger partial charge is 0.241 e. The molecular formula is C12H16FNO3S. The van der Waals surface area contributed by atoms with Gasteiger partial charge in [-0.25, -0.2) is 17.5 Å². The zero-order valence-corrected chi connectivity index (χ0v) is 10.7. The van der Waals surface area contributed by atoms with Crippen LogP contribution in [0.2, 0.25) is 0 Å². The maximum Gasteiger partial charge on any atom is 0.241 e. The lowest BCUT2D eigenvalue weighted by Crippen LogP contribution is -2.44. The van der Waals surface area contributed by atoms with Gasteiger partial charge in [-0.3, -0.25) is 0 Å². The third-order valence-electron chi connectivity index (χ3n) is 3.14. The van der Waals surface area contributed by atoms with Crippen LogP contribution in [0.5, 0.6) is 0 Å². The molecule has 18 heavy (non-hydrogen) atoms. The molecule has 0 amide bonds. The largest absolute Gasteiger partial charge is 0.391 e. The van der Waals surface area contributed by atoms with E-state index in [2.05, 4.69) is 4.72 Å². The predicted octanol–water partition coefficient (Wildman–Crippen LogP) is 1.41. The lowest BCUT2D eigenvalue weighted by atomic mass is 9.93. The van der Waals surface area contributed by atoms with Gasteiger partial charge in [0.1, 0.15) is 5.82 Å². The zero-order valence-electron chi connectivity index (χ0n) is 9.84. The molecule has 1 aromatic carbocycles. The van der Waals surface area contributed by atoms with E-state index in [0.29, 0.717) is 12.8 Å². The van der Waals surface area contributed by atoms with E-state index < -0.39 is 28.0 Å². The molecule has 2 atom stereocenters. The summed E-state index contributed by atoms with van der Waals surface area (Å²) in [5.74, 6) is -0.595. The van der Waals surface area contributed by atoms with Crippen LogP contribution >= 0.6 is 0 Å². The highest BCUT2D eigenvalue weighted by molar-refractivity contribution is 7.89. The Morgan fingerprint density at radius 1 is 1.28 bits per heavy atom. The lowest BCUT2D eigenvalue weighted by Gasteiger charge is -2.28. The minimum absolute atomic E-state index is 0.111. The van der Waals surface area contributed by atoms with Crippen LogP contribution in [0.15, 0.2) is 29.2 Å². The first-order valence-electron chi connectivity index (χ1n) is 5.95. The van der Waals surface area contributed by atoms with Crippen LogP contribution in [0.3, 0.4) is 0 Å². The zero-order chi connectivity index (χ0) is 13.2. The Labute approximate surface area is 106 Å². The summed E-state index contributed by atoms with van der Waals surface area (Å²) < 4.78 is 39.5. The lowest BCUT2D eigenvalue weighted by molar-refractivity contribution is 0.101. The molecule has 2 N–H and O–H groups in total. The van der Waals surface area contributed by atoms with Crippen molar-refractivity contribution in [2.24, 2.45) is 0 Å².